The zero-order valence-electron chi connectivity index (χ0n) is 9.54. The minimum absolute atomic E-state index is 0.212. The number of hydrogen-bond donors (Lipinski definition) is 1. The fourth-order valence-corrected chi connectivity index (χ4v) is 1.47. The second-order valence-electron chi connectivity index (χ2n) is 3.57. The molecule has 2 N–H and O–H groups in total. The highest BCUT2D eigenvalue weighted by atomic mass is 16.3. The zero-order valence-corrected chi connectivity index (χ0v) is 9.54. The third-order valence-corrected chi connectivity index (χ3v) is 2.43. The molecular formula is C11H12N4O2. The van der Waals surface area contributed by atoms with Gasteiger partial charge in [-0.2, -0.15) is 0 Å². The third-order valence-electron chi connectivity index (χ3n) is 2.43. The zero-order chi connectivity index (χ0) is 12.4. The fourth-order valence-electron chi connectivity index (χ4n) is 1.47. The van der Waals surface area contributed by atoms with Gasteiger partial charge in [-0.3, -0.25) is 9.78 Å². The number of oxazole rings is 1. The van der Waals surface area contributed by atoms with Crippen LogP contribution in [0.3, 0.4) is 0 Å². The maximum atomic E-state index is 12.1. The largest absolute Gasteiger partial charge is 0.438 e. The van der Waals surface area contributed by atoms with Crippen LogP contribution in [-0.2, 0) is 0 Å². The number of nitrogens with zero attached hydrogens (tertiary/aromatic N) is 3. The first-order valence-electron chi connectivity index (χ1n) is 4.99. The SMILES string of the molecule is Cc1ncoc1C(=O)N(C)c1ccncc1N. The number of carbonyl (C=O) groups excluding carboxylic acids is 1. The van der Waals surface area contributed by atoms with E-state index in [0.29, 0.717) is 17.1 Å². The lowest BCUT2D eigenvalue weighted by Gasteiger charge is -2.17. The van der Waals surface area contributed by atoms with Gasteiger partial charge in [0.2, 0.25) is 5.76 Å². The first-order chi connectivity index (χ1) is 8.11. The molecular weight excluding hydrogens is 220 g/mol. The van der Waals surface area contributed by atoms with Gasteiger partial charge in [0, 0.05) is 13.2 Å². The highest BCUT2D eigenvalue weighted by Gasteiger charge is 2.20. The number of nitrogen functional groups attached to an aromatic ring is 1. The summed E-state index contributed by atoms with van der Waals surface area (Å²) >= 11 is 0. The van der Waals surface area contributed by atoms with Crippen LogP contribution in [0.2, 0.25) is 0 Å². The van der Waals surface area contributed by atoms with Crippen molar-refractivity contribution >= 4 is 17.3 Å². The minimum Gasteiger partial charge on any atom is -0.438 e. The molecule has 6 heteroatoms. The molecule has 2 aromatic heterocycles. The van der Waals surface area contributed by atoms with Crippen molar-refractivity contribution in [2.45, 2.75) is 6.92 Å². The third kappa shape index (κ3) is 1.96. The van der Waals surface area contributed by atoms with Crippen molar-refractivity contribution in [3.05, 3.63) is 36.3 Å². The molecule has 0 aliphatic carbocycles. The van der Waals surface area contributed by atoms with Crippen LogP contribution >= 0.6 is 0 Å². The van der Waals surface area contributed by atoms with Crippen molar-refractivity contribution in [3.63, 3.8) is 0 Å². The summed E-state index contributed by atoms with van der Waals surface area (Å²) in [6.07, 6.45) is 4.31. The van der Waals surface area contributed by atoms with E-state index in [2.05, 4.69) is 9.97 Å². The van der Waals surface area contributed by atoms with Crippen molar-refractivity contribution in [2.75, 3.05) is 17.7 Å². The van der Waals surface area contributed by atoms with Crippen molar-refractivity contribution in [1.82, 2.24) is 9.97 Å². The monoisotopic (exact) mass is 232 g/mol. The topological polar surface area (TPSA) is 85.2 Å². The molecule has 2 heterocycles. The molecule has 0 saturated heterocycles. The number of amides is 1. The van der Waals surface area contributed by atoms with Gasteiger partial charge in [0.25, 0.3) is 5.91 Å². The molecule has 0 aliphatic rings. The predicted octanol–water partition coefficient (Wildman–Crippen LogP) is 1.24. The summed E-state index contributed by atoms with van der Waals surface area (Å²) in [5, 5.41) is 0. The molecule has 2 aromatic rings. The summed E-state index contributed by atoms with van der Waals surface area (Å²) in [6, 6.07) is 1.67. The Hall–Kier alpha value is -2.37. The molecule has 0 aliphatic heterocycles. The number of aryl methyl sites for hydroxylation is 1. The Balaban J connectivity index is 2.33. The Labute approximate surface area is 98.1 Å². The Kier molecular flexibility index (Phi) is 2.78. The molecule has 0 unspecified atom stereocenters. The summed E-state index contributed by atoms with van der Waals surface area (Å²) in [6.45, 7) is 1.71. The maximum Gasteiger partial charge on any atom is 0.295 e. The van der Waals surface area contributed by atoms with Gasteiger partial charge < -0.3 is 15.1 Å². The van der Waals surface area contributed by atoms with E-state index in [1.54, 1.807) is 26.2 Å². The Bertz CT molecular complexity index is 550. The second kappa shape index (κ2) is 4.25. The van der Waals surface area contributed by atoms with Gasteiger partial charge in [0.15, 0.2) is 6.39 Å². The average molecular weight is 232 g/mol. The van der Waals surface area contributed by atoms with Crippen LogP contribution in [0, 0.1) is 6.92 Å². The van der Waals surface area contributed by atoms with Crippen LogP contribution in [0.4, 0.5) is 11.4 Å². The van der Waals surface area contributed by atoms with E-state index in [1.165, 1.54) is 17.5 Å². The van der Waals surface area contributed by atoms with Gasteiger partial charge in [-0.1, -0.05) is 0 Å². The van der Waals surface area contributed by atoms with E-state index in [0.717, 1.165) is 0 Å². The number of pyridine rings is 1. The molecule has 0 atom stereocenters. The predicted molar refractivity (Wildman–Crippen MR) is 62.6 cm³/mol. The van der Waals surface area contributed by atoms with E-state index in [-0.39, 0.29) is 11.7 Å². The lowest BCUT2D eigenvalue weighted by atomic mass is 10.3. The number of hydrogen-bond acceptors (Lipinski definition) is 5. The van der Waals surface area contributed by atoms with Gasteiger partial charge in [-0.25, -0.2) is 4.98 Å². The first-order valence-corrected chi connectivity index (χ1v) is 4.99. The maximum absolute atomic E-state index is 12.1. The van der Waals surface area contributed by atoms with E-state index >= 15 is 0 Å². The summed E-state index contributed by atoms with van der Waals surface area (Å²) in [4.78, 5) is 21.2. The highest BCUT2D eigenvalue weighted by molar-refractivity contribution is 6.05. The number of carbonyl (C=O) groups is 1. The highest BCUT2D eigenvalue weighted by Crippen LogP contribution is 2.22. The van der Waals surface area contributed by atoms with Gasteiger partial charge in [-0.05, 0) is 13.0 Å². The number of aromatic nitrogens is 2. The Morgan fingerprint density at radius 2 is 2.29 bits per heavy atom. The van der Waals surface area contributed by atoms with Gasteiger partial charge >= 0.3 is 0 Å². The quantitative estimate of drug-likeness (QED) is 0.841. The van der Waals surface area contributed by atoms with E-state index in [1.807, 2.05) is 0 Å². The Morgan fingerprint density at radius 1 is 1.53 bits per heavy atom. The smallest absolute Gasteiger partial charge is 0.295 e. The van der Waals surface area contributed by atoms with Crippen LogP contribution in [0.1, 0.15) is 16.2 Å². The van der Waals surface area contributed by atoms with Crippen molar-refractivity contribution in [2.24, 2.45) is 0 Å². The van der Waals surface area contributed by atoms with E-state index in [9.17, 15) is 4.79 Å². The number of anilines is 2. The van der Waals surface area contributed by atoms with Gasteiger partial charge in [-0.15, -0.1) is 0 Å². The summed E-state index contributed by atoms with van der Waals surface area (Å²) in [5.74, 6) is -0.0818. The molecule has 0 aromatic carbocycles. The first kappa shape index (κ1) is 11.1. The van der Waals surface area contributed by atoms with Crippen molar-refractivity contribution in [3.8, 4) is 0 Å². The van der Waals surface area contributed by atoms with E-state index < -0.39 is 0 Å². The minimum atomic E-state index is -0.294. The molecule has 88 valence electrons. The van der Waals surface area contributed by atoms with E-state index in [4.69, 9.17) is 10.2 Å². The molecule has 0 fully saturated rings. The lowest BCUT2D eigenvalue weighted by molar-refractivity contribution is 0.0966. The number of nitrogens with two attached hydrogens (primary N) is 1. The summed E-state index contributed by atoms with van der Waals surface area (Å²) < 4.78 is 5.05. The van der Waals surface area contributed by atoms with Gasteiger partial charge in [0.05, 0.1) is 23.3 Å². The van der Waals surface area contributed by atoms with Crippen molar-refractivity contribution < 1.29 is 9.21 Å². The average Bonchev–Trinajstić information content (AvgIpc) is 2.74. The Morgan fingerprint density at radius 3 is 2.88 bits per heavy atom. The molecule has 6 nitrogen and oxygen atoms in total. The fraction of sp³-hybridized carbons (Fsp3) is 0.182. The molecule has 0 radical (unpaired) electrons. The van der Waals surface area contributed by atoms with Gasteiger partial charge in [0.1, 0.15) is 0 Å². The molecule has 0 spiro atoms. The van der Waals surface area contributed by atoms with Crippen molar-refractivity contribution in [1.29, 1.82) is 0 Å². The van der Waals surface area contributed by atoms with Crippen LogP contribution < -0.4 is 10.6 Å². The standard InChI is InChI=1S/C11H12N4O2/c1-7-10(17-6-14-7)11(16)15(2)9-3-4-13-5-8(9)12/h3-6H,12H2,1-2H3. The molecule has 17 heavy (non-hydrogen) atoms. The normalized spacial score (nSPS) is 10.2. The summed E-state index contributed by atoms with van der Waals surface area (Å²) in [5.41, 5.74) is 7.31. The molecule has 1 amide bonds. The lowest BCUT2D eigenvalue weighted by Crippen LogP contribution is -2.27. The number of rotatable bonds is 2. The second-order valence-corrected chi connectivity index (χ2v) is 3.57. The molecule has 0 saturated carbocycles. The van der Waals surface area contributed by atoms with Crippen LogP contribution in [0.5, 0.6) is 0 Å². The van der Waals surface area contributed by atoms with Crippen LogP contribution in [0.15, 0.2) is 29.3 Å². The summed E-state index contributed by atoms with van der Waals surface area (Å²) in [7, 11) is 1.62. The molecule has 0 bridgehead atoms. The van der Waals surface area contributed by atoms with Crippen LogP contribution in [0.25, 0.3) is 0 Å². The van der Waals surface area contributed by atoms with Crippen LogP contribution in [-0.4, -0.2) is 22.9 Å². The molecule has 2 rings (SSSR count).